The Kier molecular flexibility index (Phi) is 4.68. The Balaban J connectivity index is 1.82. The van der Waals surface area contributed by atoms with Crippen LogP contribution in [0.15, 0.2) is 5.51 Å². The molecule has 1 aliphatic rings. The van der Waals surface area contributed by atoms with Crippen molar-refractivity contribution >= 4 is 17.2 Å². The van der Waals surface area contributed by atoms with Crippen molar-refractivity contribution < 1.29 is 9.53 Å². The summed E-state index contributed by atoms with van der Waals surface area (Å²) in [6.07, 6.45) is 0. The molecule has 0 bridgehead atoms. The highest BCUT2D eigenvalue weighted by Gasteiger charge is 2.22. The van der Waals surface area contributed by atoms with Gasteiger partial charge in [-0.15, -0.1) is 11.3 Å². The van der Waals surface area contributed by atoms with Crippen LogP contribution in [0.25, 0.3) is 0 Å². The Morgan fingerprint density at radius 2 is 2.33 bits per heavy atom. The molecule has 1 unspecified atom stereocenters. The molecular weight excluding hydrogens is 250 g/mol. The van der Waals surface area contributed by atoms with Gasteiger partial charge in [0.05, 0.1) is 30.5 Å². The van der Waals surface area contributed by atoms with Gasteiger partial charge in [0, 0.05) is 24.5 Å². The molecule has 2 rings (SSSR count). The van der Waals surface area contributed by atoms with Gasteiger partial charge in [0.25, 0.3) is 0 Å². The van der Waals surface area contributed by atoms with Gasteiger partial charge in [0.2, 0.25) is 5.91 Å². The van der Waals surface area contributed by atoms with Crippen LogP contribution in [-0.2, 0) is 16.1 Å². The fourth-order valence-corrected chi connectivity index (χ4v) is 2.61. The second-order valence-corrected chi connectivity index (χ2v) is 5.34. The van der Waals surface area contributed by atoms with E-state index in [0.29, 0.717) is 32.8 Å². The summed E-state index contributed by atoms with van der Waals surface area (Å²) >= 11 is 1.62. The number of amides is 1. The fourth-order valence-electron chi connectivity index (χ4n) is 1.89. The maximum absolute atomic E-state index is 12.1. The van der Waals surface area contributed by atoms with Crippen molar-refractivity contribution in [1.82, 2.24) is 15.2 Å². The number of thiazole rings is 1. The predicted molar refractivity (Wildman–Crippen MR) is 70.6 cm³/mol. The fraction of sp³-hybridized carbons (Fsp3) is 0.667. The number of aryl methyl sites for hydroxylation is 1. The Bertz CT molecular complexity index is 402. The number of hydrogen-bond acceptors (Lipinski definition) is 5. The SMILES string of the molecule is Cc1ncsc1CNC(C)C(=O)N1CCOCC1. The summed E-state index contributed by atoms with van der Waals surface area (Å²) in [6.45, 7) is 7.29. The average Bonchev–Trinajstić information content (AvgIpc) is 2.81. The standard InChI is InChI=1S/C12H19N3O2S/c1-9-11(18-8-14-9)7-13-10(2)12(16)15-3-5-17-6-4-15/h8,10,13H,3-7H2,1-2H3. The molecule has 0 saturated carbocycles. The monoisotopic (exact) mass is 269 g/mol. The van der Waals surface area contributed by atoms with Crippen LogP contribution in [0, 0.1) is 6.92 Å². The van der Waals surface area contributed by atoms with Crippen LogP contribution >= 0.6 is 11.3 Å². The Morgan fingerprint density at radius 3 is 2.94 bits per heavy atom. The summed E-state index contributed by atoms with van der Waals surface area (Å²) in [5, 5.41) is 3.26. The lowest BCUT2D eigenvalue weighted by molar-refractivity contribution is -0.137. The molecule has 1 N–H and O–H groups in total. The van der Waals surface area contributed by atoms with Crippen molar-refractivity contribution in [2.75, 3.05) is 26.3 Å². The molecule has 6 heteroatoms. The largest absolute Gasteiger partial charge is 0.378 e. The minimum Gasteiger partial charge on any atom is -0.378 e. The van der Waals surface area contributed by atoms with Crippen LogP contribution in [0.3, 0.4) is 0 Å². The first-order chi connectivity index (χ1) is 8.68. The molecule has 1 aliphatic heterocycles. The van der Waals surface area contributed by atoms with Crippen LogP contribution in [0.1, 0.15) is 17.5 Å². The number of nitrogens with zero attached hydrogens (tertiary/aromatic N) is 2. The number of morpholine rings is 1. The van der Waals surface area contributed by atoms with E-state index in [0.717, 1.165) is 5.69 Å². The van der Waals surface area contributed by atoms with E-state index in [1.54, 1.807) is 11.3 Å². The first kappa shape index (κ1) is 13.5. The number of carbonyl (C=O) groups excluding carboxylic acids is 1. The second kappa shape index (κ2) is 6.26. The van der Waals surface area contributed by atoms with Crippen molar-refractivity contribution in [2.24, 2.45) is 0 Å². The van der Waals surface area contributed by atoms with Crippen molar-refractivity contribution in [3.05, 3.63) is 16.1 Å². The quantitative estimate of drug-likeness (QED) is 0.878. The van der Waals surface area contributed by atoms with E-state index in [9.17, 15) is 4.79 Å². The summed E-state index contributed by atoms with van der Waals surface area (Å²) < 4.78 is 5.24. The van der Waals surface area contributed by atoms with Crippen LogP contribution in [0.5, 0.6) is 0 Å². The lowest BCUT2D eigenvalue weighted by Crippen LogP contribution is -2.49. The number of nitrogens with one attached hydrogen (secondary N) is 1. The second-order valence-electron chi connectivity index (χ2n) is 4.40. The molecule has 5 nitrogen and oxygen atoms in total. The minimum atomic E-state index is -0.162. The summed E-state index contributed by atoms with van der Waals surface area (Å²) in [5.74, 6) is 0.153. The van der Waals surface area contributed by atoms with E-state index in [4.69, 9.17) is 4.74 Å². The third kappa shape index (κ3) is 3.28. The van der Waals surface area contributed by atoms with Gasteiger partial charge in [-0.25, -0.2) is 4.98 Å². The number of aromatic nitrogens is 1. The first-order valence-corrected chi connectivity index (χ1v) is 7.05. The van der Waals surface area contributed by atoms with Gasteiger partial charge in [-0.2, -0.15) is 0 Å². The minimum absolute atomic E-state index is 0.153. The highest BCUT2D eigenvalue weighted by Crippen LogP contribution is 2.11. The molecule has 0 spiro atoms. The summed E-state index contributed by atoms with van der Waals surface area (Å²) in [4.78, 5) is 19.4. The van der Waals surface area contributed by atoms with E-state index in [1.165, 1.54) is 4.88 Å². The number of hydrogen-bond donors (Lipinski definition) is 1. The Morgan fingerprint density at radius 1 is 1.61 bits per heavy atom. The highest BCUT2D eigenvalue weighted by atomic mass is 32.1. The van der Waals surface area contributed by atoms with Gasteiger partial charge in [-0.1, -0.05) is 0 Å². The van der Waals surface area contributed by atoms with E-state index in [1.807, 2.05) is 24.3 Å². The number of ether oxygens (including phenoxy) is 1. The van der Waals surface area contributed by atoms with Gasteiger partial charge in [0.15, 0.2) is 0 Å². The lowest BCUT2D eigenvalue weighted by Gasteiger charge is -2.29. The van der Waals surface area contributed by atoms with Crippen molar-refractivity contribution in [2.45, 2.75) is 26.4 Å². The molecule has 100 valence electrons. The van der Waals surface area contributed by atoms with E-state index >= 15 is 0 Å². The zero-order valence-electron chi connectivity index (χ0n) is 10.8. The molecule has 1 aromatic heterocycles. The first-order valence-electron chi connectivity index (χ1n) is 6.17. The summed E-state index contributed by atoms with van der Waals surface area (Å²) in [7, 11) is 0. The van der Waals surface area contributed by atoms with E-state index in [2.05, 4.69) is 10.3 Å². The molecule has 1 atom stereocenters. The molecular formula is C12H19N3O2S. The molecule has 0 aliphatic carbocycles. The molecule has 0 radical (unpaired) electrons. The predicted octanol–water partition coefficient (Wildman–Crippen LogP) is 0.788. The molecule has 2 heterocycles. The van der Waals surface area contributed by atoms with Crippen molar-refractivity contribution in [3.63, 3.8) is 0 Å². The average molecular weight is 269 g/mol. The third-order valence-electron chi connectivity index (χ3n) is 3.11. The van der Waals surface area contributed by atoms with E-state index < -0.39 is 0 Å². The van der Waals surface area contributed by atoms with Gasteiger partial charge in [0.1, 0.15) is 0 Å². The van der Waals surface area contributed by atoms with Crippen LogP contribution in [-0.4, -0.2) is 48.1 Å². The Labute approximate surface area is 111 Å². The molecule has 1 saturated heterocycles. The number of carbonyl (C=O) groups is 1. The smallest absolute Gasteiger partial charge is 0.239 e. The van der Waals surface area contributed by atoms with Crippen LogP contribution in [0.2, 0.25) is 0 Å². The molecule has 18 heavy (non-hydrogen) atoms. The molecule has 0 aromatic carbocycles. The maximum atomic E-state index is 12.1. The maximum Gasteiger partial charge on any atom is 0.239 e. The van der Waals surface area contributed by atoms with Crippen LogP contribution in [0.4, 0.5) is 0 Å². The van der Waals surface area contributed by atoms with Gasteiger partial charge < -0.3 is 15.0 Å². The van der Waals surface area contributed by atoms with E-state index in [-0.39, 0.29) is 11.9 Å². The topological polar surface area (TPSA) is 54.5 Å². The van der Waals surface area contributed by atoms with Gasteiger partial charge in [-0.05, 0) is 13.8 Å². The summed E-state index contributed by atoms with van der Waals surface area (Å²) in [6, 6.07) is -0.162. The van der Waals surface area contributed by atoms with Crippen LogP contribution < -0.4 is 5.32 Å². The van der Waals surface area contributed by atoms with Crippen molar-refractivity contribution in [3.8, 4) is 0 Å². The van der Waals surface area contributed by atoms with Gasteiger partial charge >= 0.3 is 0 Å². The normalized spacial score (nSPS) is 17.8. The molecule has 1 fully saturated rings. The lowest BCUT2D eigenvalue weighted by atomic mass is 10.2. The van der Waals surface area contributed by atoms with Crippen molar-refractivity contribution in [1.29, 1.82) is 0 Å². The molecule has 1 amide bonds. The zero-order valence-corrected chi connectivity index (χ0v) is 11.6. The zero-order chi connectivity index (χ0) is 13.0. The number of rotatable bonds is 4. The third-order valence-corrected chi connectivity index (χ3v) is 4.04. The van der Waals surface area contributed by atoms with Gasteiger partial charge in [-0.3, -0.25) is 4.79 Å². The Hall–Kier alpha value is -0.980. The summed E-state index contributed by atoms with van der Waals surface area (Å²) in [5.41, 5.74) is 2.87. The highest BCUT2D eigenvalue weighted by molar-refractivity contribution is 7.09. The molecule has 1 aromatic rings.